The van der Waals surface area contributed by atoms with Crippen LogP contribution >= 0.6 is 0 Å². The Morgan fingerprint density at radius 1 is 1.06 bits per heavy atom. The Hall–Kier alpha value is -4.77. The lowest BCUT2D eigenvalue weighted by atomic mass is 10.1. The van der Waals surface area contributed by atoms with Crippen molar-refractivity contribution in [3.8, 4) is 0 Å². The van der Waals surface area contributed by atoms with E-state index in [1.54, 1.807) is 20.8 Å². The standard InChI is InChI=1S/C30H45N7O10/c1-30(2,3)47-29(44)46-27(43)20(11-7-13-34-28(32)33)35-25(41)22-12-8-14-37(22)26(42)21(15-23(38)39)36-24(40)19(31)17-45-16-18-9-5-4-6-10-18/h4-6,9-10,19-22H,7-8,11-17,31H2,1-3H3,(H,35,41)(H,36,40)(H,38,39)(H4,32,33,34)/t19-,20-,21-,22-/m0/s1. The molecule has 17 heteroatoms. The highest BCUT2D eigenvalue weighted by atomic mass is 16.7. The fourth-order valence-electron chi connectivity index (χ4n) is 4.55. The predicted molar refractivity (Wildman–Crippen MR) is 167 cm³/mol. The van der Waals surface area contributed by atoms with Crippen LogP contribution in [0.5, 0.6) is 0 Å². The van der Waals surface area contributed by atoms with E-state index in [0.717, 1.165) is 10.5 Å². The predicted octanol–water partition coefficient (Wildman–Crippen LogP) is -0.502. The Labute approximate surface area is 272 Å². The molecular formula is C30H45N7O10. The molecule has 0 spiro atoms. The third-order valence-corrected chi connectivity index (χ3v) is 6.70. The summed E-state index contributed by atoms with van der Waals surface area (Å²) in [5, 5.41) is 14.3. The first kappa shape index (κ1) is 38.4. The van der Waals surface area contributed by atoms with Gasteiger partial charge in [0.25, 0.3) is 0 Å². The molecule has 1 saturated heterocycles. The molecule has 4 atom stereocenters. The van der Waals surface area contributed by atoms with Crippen LogP contribution in [0, 0.1) is 0 Å². The molecule has 1 aliphatic heterocycles. The van der Waals surface area contributed by atoms with Crippen molar-refractivity contribution in [1.82, 2.24) is 15.5 Å². The van der Waals surface area contributed by atoms with Crippen LogP contribution in [-0.4, -0.2) is 101 Å². The first-order valence-corrected chi connectivity index (χ1v) is 15.1. The van der Waals surface area contributed by atoms with Gasteiger partial charge in [0.15, 0.2) is 5.96 Å². The van der Waals surface area contributed by atoms with E-state index in [1.165, 1.54) is 0 Å². The fraction of sp³-hybridized carbons (Fsp3) is 0.567. The first-order valence-electron chi connectivity index (χ1n) is 15.1. The number of benzene rings is 1. The Morgan fingerprint density at radius 2 is 1.74 bits per heavy atom. The average molecular weight is 664 g/mol. The maximum atomic E-state index is 13.5. The van der Waals surface area contributed by atoms with E-state index in [2.05, 4.69) is 15.6 Å². The van der Waals surface area contributed by atoms with Crippen LogP contribution in [0.1, 0.15) is 58.4 Å². The van der Waals surface area contributed by atoms with E-state index in [9.17, 15) is 33.9 Å². The molecule has 47 heavy (non-hydrogen) atoms. The number of carbonyl (C=O) groups is 6. The van der Waals surface area contributed by atoms with E-state index in [1.807, 2.05) is 30.3 Å². The van der Waals surface area contributed by atoms with Crippen LogP contribution in [0.15, 0.2) is 35.3 Å². The largest absolute Gasteiger partial charge is 0.516 e. The highest BCUT2D eigenvalue weighted by Gasteiger charge is 2.40. The van der Waals surface area contributed by atoms with Gasteiger partial charge in [-0.2, -0.15) is 0 Å². The lowest BCUT2D eigenvalue weighted by Gasteiger charge is -2.29. The van der Waals surface area contributed by atoms with Crippen LogP contribution in [-0.2, 0) is 44.8 Å². The van der Waals surface area contributed by atoms with Gasteiger partial charge in [-0.05, 0) is 52.0 Å². The van der Waals surface area contributed by atoms with Crippen molar-refractivity contribution in [2.45, 2.75) is 89.3 Å². The molecule has 0 saturated carbocycles. The monoisotopic (exact) mass is 663 g/mol. The second-order valence-electron chi connectivity index (χ2n) is 11.9. The number of esters is 1. The number of nitrogens with one attached hydrogen (secondary N) is 2. The minimum Gasteiger partial charge on any atom is -0.481 e. The maximum absolute atomic E-state index is 13.5. The molecular weight excluding hydrogens is 618 g/mol. The van der Waals surface area contributed by atoms with Crippen molar-refractivity contribution in [3.05, 3.63) is 35.9 Å². The van der Waals surface area contributed by atoms with E-state index < -0.39 is 72.0 Å². The summed E-state index contributed by atoms with van der Waals surface area (Å²) in [6, 6.07) is 3.93. The number of carboxylic acids is 1. The molecule has 0 aromatic heterocycles. The molecule has 260 valence electrons. The second-order valence-corrected chi connectivity index (χ2v) is 11.9. The molecule has 0 bridgehead atoms. The number of carboxylic acid groups (broad SMARTS) is 1. The van der Waals surface area contributed by atoms with E-state index >= 15 is 0 Å². The summed E-state index contributed by atoms with van der Waals surface area (Å²) < 4.78 is 15.3. The molecule has 0 radical (unpaired) electrons. The van der Waals surface area contributed by atoms with Gasteiger partial charge in [-0.15, -0.1) is 0 Å². The molecule has 9 N–H and O–H groups in total. The number of hydrogen-bond acceptors (Lipinski definition) is 11. The summed E-state index contributed by atoms with van der Waals surface area (Å²) in [7, 11) is 0. The highest BCUT2D eigenvalue weighted by molar-refractivity contribution is 5.96. The number of aliphatic imine (C=N–C) groups is 1. The minimum absolute atomic E-state index is 0.0350. The number of likely N-dealkylation sites (tertiary alicyclic amines) is 1. The van der Waals surface area contributed by atoms with Gasteiger partial charge < -0.3 is 52.1 Å². The smallest absolute Gasteiger partial charge is 0.481 e. The number of nitrogens with zero attached hydrogens (tertiary/aromatic N) is 2. The number of carbonyl (C=O) groups excluding carboxylic acids is 5. The molecule has 3 amide bonds. The van der Waals surface area contributed by atoms with Crippen LogP contribution in [0.4, 0.5) is 4.79 Å². The quantitative estimate of drug-likeness (QED) is 0.0429. The third-order valence-electron chi connectivity index (χ3n) is 6.70. The lowest BCUT2D eigenvalue weighted by molar-refractivity contribution is -0.149. The second kappa shape index (κ2) is 18.4. The summed E-state index contributed by atoms with van der Waals surface area (Å²) >= 11 is 0. The van der Waals surface area contributed by atoms with Crippen molar-refractivity contribution >= 4 is 41.8 Å². The van der Waals surface area contributed by atoms with Gasteiger partial charge in [-0.25, -0.2) is 9.59 Å². The Balaban J connectivity index is 2.10. The lowest BCUT2D eigenvalue weighted by Crippen LogP contribution is -2.57. The molecule has 1 heterocycles. The molecule has 1 fully saturated rings. The fourth-order valence-corrected chi connectivity index (χ4v) is 4.55. The van der Waals surface area contributed by atoms with Gasteiger partial charge in [0, 0.05) is 13.1 Å². The molecule has 1 aliphatic rings. The summed E-state index contributed by atoms with van der Waals surface area (Å²) in [5.41, 5.74) is 16.5. The normalized spacial score (nSPS) is 16.3. The number of nitrogens with two attached hydrogens (primary N) is 3. The van der Waals surface area contributed by atoms with Gasteiger partial charge in [0.2, 0.25) is 17.7 Å². The topological polar surface area (TPSA) is 268 Å². The van der Waals surface area contributed by atoms with Crippen molar-refractivity contribution in [3.63, 3.8) is 0 Å². The average Bonchev–Trinajstić information content (AvgIpc) is 3.47. The molecule has 2 rings (SSSR count). The van der Waals surface area contributed by atoms with Crippen molar-refractivity contribution in [2.75, 3.05) is 19.7 Å². The molecule has 1 aromatic carbocycles. The van der Waals surface area contributed by atoms with E-state index in [4.69, 9.17) is 31.4 Å². The zero-order valence-corrected chi connectivity index (χ0v) is 26.8. The maximum Gasteiger partial charge on any atom is 0.516 e. The minimum atomic E-state index is -1.54. The zero-order valence-electron chi connectivity index (χ0n) is 26.8. The van der Waals surface area contributed by atoms with Gasteiger partial charge in [0.1, 0.15) is 29.8 Å². The third kappa shape index (κ3) is 14.0. The van der Waals surface area contributed by atoms with Gasteiger partial charge >= 0.3 is 18.1 Å². The van der Waals surface area contributed by atoms with Crippen LogP contribution < -0.4 is 27.8 Å². The number of amides is 3. The highest BCUT2D eigenvalue weighted by Crippen LogP contribution is 2.20. The summed E-state index contributed by atoms with van der Waals surface area (Å²) in [6.07, 6.45) is -1.31. The van der Waals surface area contributed by atoms with Crippen LogP contribution in [0.3, 0.4) is 0 Å². The summed E-state index contributed by atoms with van der Waals surface area (Å²) in [4.78, 5) is 81.3. The first-order chi connectivity index (χ1) is 22.1. The number of guanidine groups is 1. The Bertz CT molecular complexity index is 1280. The molecule has 17 nitrogen and oxygen atoms in total. The van der Waals surface area contributed by atoms with Crippen LogP contribution in [0.2, 0.25) is 0 Å². The summed E-state index contributed by atoms with van der Waals surface area (Å²) in [5.74, 6) is -5.04. The van der Waals surface area contributed by atoms with E-state index in [0.29, 0.717) is 6.42 Å². The van der Waals surface area contributed by atoms with Gasteiger partial charge in [-0.3, -0.25) is 24.2 Å². The van der Waals surface area contributed by atoms with Crippen molar-refractivity contribution in [2.24, 2.45) is 22.2 Å². The van der Waals surface area contributed by atoms with E-state index in [-0.39, 0.29) is 51.5 Å². The Kier molecular flexibility index (Phi) is 15.0. The Morgan fingerprint density at radius 3 is 2.36 bits per heavy atom. The number of hydrogen-bond donors (Lipinski definition) is 6. The number of aliphatic carboxylic acids is 1. The van der Waals surface area contributed by atoms with Crippen molar-refractivity contribution < 1.29 is 48.1 Å². The number of ether oxygens (including phenoxy) is 3. The molecule has 0 unspecified atom stereocenters. The van der Waals surface area contributed by atoms with Gasteiger partial charge in [0.05, 0.1) is 19.6 Å². The SMILES string of the molecule is CC(C)(C)OC(=O)OC(=O)[C@H](CCCN=C(N)N)NC(=O)[C@@H]1CCCN1C(=O)[C@H](CC(=O)O)NC(=O)[C@@H](N)COCc1ccccc1. The van der Waals surface area contributed by atoms with Gasteiger partial charge in [-0.1, -0.05) is 30.3 Å². The summed E-state index contributed by atoms with van der Waals surface area (Å²) in [6.45, 7) is 4.90. The van der Waals surface area contributed by atoms with Crippen LogP contribution in [0.25, 0.3) is 0 Å². The van der Waals surface area contributed by atoms with Crippen molar-refractivity contribution in [1.29, 1.82) is 0 Å². The zero-order chi connectivity index (χ0) is 35.1. The molecule has 1 aromatic rings. The number of rotatable bonds is 16. The molecule has 0 aliphatic carbocycles.